The lowest BCUT2D eigenvalue weighted by atomic mass is 9.79. The van der Waals surface area contributed by atoms with E-state index in [1.807, 2.05) is 0 Å². The highest BCUT2D eigenvalue weighted by Gasteiger charge is 2.38. The number of ketones is 2. The first-order valence-corrected chi connectivity index (χ1v) is 10.6. The summed E-state index contributed by atoms with van der Waals surface area (Å²) in [7, 11) is 0. The van der Waals surface area contributed by atoms with Crippen molar-refractivity contribution in [2.75, 3.05) is 0 Å². The number of phenols is 1. The zero-order valence-electron chi connectivity index (χ0n) is 19.9. The summed E-state index contributed by atoms with van der Waals surface area (Å²) in [6, 6.07) is 1.63. The summed E-state index contributed by atoms with van der Waals surface area (Å²) in [6.45, 7) is 10.0. The number of nitrogens with two attached hydrogens (primary N) is 2. The van der Waals surface area contributed by atoms with E-state index in [-0.39, 0.29) is 40.9 Å². The van der Waals surface area contributed by atoms with Gasteiger partial charge in [0.2, 0.25) is 0 Å². The third-order valence-corrected chi connectivity index (χ3v) is 4.69. The van der Waals surface area contributed by atoms with Crippen molar-refractivity contribution in [2.24, 2.45) is 11.5 Å². The normalized spacial score (nSPS) is 16.2. The second kappa shape index (κ2) is 9.44. The second-order valence-electron chi connectivity index (χ2n) is 10.0. The van der Waals surface area contributed by atoms with Gasteiger partial charge in [-0.25, -0.2) is 0 Å². The number of aromatic hydroxyl groups is 1. The molecule has 0 bridgehead atoms. The highest BCUT2D eigenvalue weighted by atomic mass is 16.6. The van der Waals surface area contributed by atoms with E-state index in [2.05, 4.69) is 0 Å². The standard InChI is InChI=1S/C24H32N2O7/c1-23(2,3)32-21(30)15(25)10-13-14(11-16(26)22(31)33-24(4,5)6)20(29)18-12(19(13)28)8-7-9-17(18)27/h7-9,15-16,27H,10-11,25-26H2,1-6H3. The van der Waals surface area contributed by atoms with Crippen LogP contribution in [0.3, 0.4) is 0 Å². The number of benzene rings is 1. The first-order valence-electron chi connectivity index (χ1n) is 10.6. The van der Waals surface area contributed by atoms with Gasteiger partial charge in [0.05, 0.1) is 5.56 Å². The smallest absolute Gasteiger partial charge is 0.323 e. The number of Topliss-reactive ketones (excluding diaryl/α,β-unsaturated/α-hetero) is 2. The van der Waals surface area contributed by atoms with Gasteiger partial charge in [0, 0.05) is 29.6 Å². The summed E-state index contributed by atoms with van der Waals surface area (Å²) in [6.07, 6.45) is -0.630. The molecule has 0 radical (unpaired) electrons. The lowest BCUT2D eigenvalue weighted by molar-refractivity contribution is -0.157. The zero-order chi connectivity index (χ0) is 25.3. The van der Waals surface area contributed by atoms with E-state index in [0.29, 0.717) is 0 Å². The molecule has 1 aliphatic rings. The first kappa shape index (κ1) is 26.2. The van der Waals surface area contributed by atoms with Crippen LogP contribution in [0.4, 0.5) is 0 Å². The molecule has 0 fully saturated rings. The third-order valence-electron chi connectivity index (χ3n) is 4.69. The van der Waals surface area contributed by atoms with Crippen LogP contribution in [0, 0.1) is 0 Å². The van der Waals surface area contributed by atoms with Gasteiger partial charge >= 0.3 is 11.9 Å². The summed E-state index contributed by atoms with van der Waals surface area (Å²) in [5.74, 6) is -3.11. The van der Waals surface area contributed by atoms with Crippen LogP contribution < -0.4 is 11.5 Å². The molecule has 0 saturated heterocycles. The van der Waals surface area contributed by atoms with Crippen LogP contribution >= 0.6 is 0 Å². The van der Waals surface area contributed by atoms with E-state index in [1.54, 1.807) is 41.5 Å². The van der Waals surface area contributed by atoms with Gasteiger partial charge in [0.1, 0.15) is 29.0 Å². The van der Waals surface area contributed by atoms with Gasteiger partial charge in [-0.15, -0.1) is 0 Å². The monoisotopic (exact) mass is 460 g/mol. The maximum absolute atomic E-state index is 13.3. The van der Waals surface area contributed by atoms with E-state index < -0.39 is 46.8 Å². The highest BCUT2D eigenvalue weighted by Crippen LogP contribution is 2.35. The van der Waals surface area contributed by atoms with Crippen molar-refractivity contribution in [3.63, 3.8) is 0 Å². The molecule has 33 heavy (non-hydrogen) atoms. The highest BCUT2D eigenvalue weighted by molar-refractivity contribution is 6.28. The third kappa shape index (κ3) is 6.49. The molecule has 0 aromatic heterocycles. The molecule has 0 spiro atoms. The summed E-state index contributed by atoms with van der Waals surface area (Å²) in [5.41, 5.74) is 10.1. The van der Waals surface area contributed by atoms with Crippen LogP contribution in [0.25, 0.3) is 0 Å². The Morgan fingerprint density at radius 1 is 0.848 bits per heavy atom. The molecule has 180 valence electrons. The Morgan fingerprint density at radius 2 is 1.27 bits per heavy atom. The molecule has 1 aromatic carbocycles. The molecule has 1 aromatic rings. The molecule has 2 rings (SSSR count). The molecule has 5 N–H and O–H groups in total. The van der Waals surface area contributed by atoms with E-state index >= 15 is 0 Å². The van der Waals surface area contributed by atoms with Crippen LogP contribution in [0.2, 0.25) is 0 Å². The van der Waals surface area contributed by atoms with Crippen molar-refractivity contribution < 1.29 is 33.8 Å². The predicted molar refractivity (Wildman–Crippen MR) is 121 cm³/mol. The molecule has 9 heteroatoms. The summed E-state index contributed by atoms with van der Waals surface area (Å²) in [4.78, 5) is 51.4. The number of phenolic OH excluding ortho intramolecular Hbond substituents is 1. The minimum absolute atomic E-state index is 0.0130. The van der Waals surface area contributed by atoms with Crippen molar-refractivity contribution in [1.29, 1.82) is 0 Å². The average molecular weight is 461 g/mol. The lowest BCUT2D eigenvalue weighted by Crippen LogP contribution is -2.41. The number of hydrogen-bond donors (Lipinski definition) is 3. The maximum Gasteiger partial charge on any atom is 0.323 e. The average Bonchev–Trinajstić information content (AvgIpc) is 2.65. The van der Waals surface area contributed by atoms with Gasteiger partial charge in [0.25, 0.3) is 0 Å². The fourth-order valence-electron chi connectivity index (χ4n) is 3.35. The summed E-state index contributed by atoms with van der Waals surface area (Å²) < 4.78 is 10.6. The fraction of sp³-hybridized carbons (Fsp3) is 0.500. The second-order valence-corrected chi connectivity index (χ2v) is 10.0. The van der Waals surface area contributed by atoms with Crippen molar-refractivity contribution in [2.45, 2.75) is 77.7 Å². The Morgan fingerprint density at radius 3 is 1.70 bits per heavy atom. The van der Waals surface area contributed by atoms with Crippen molar-refractivity contribution in [1.82, 2.24) is 0 Å². The largest absolute Gasteiger partial charge is 0.507 e. The van der Waals surface area contributed by atoms with Crippen LogP contribution in [0.15, 0.2) is 29.3 Å². The molecular weight excluding hydrogens is 428 g/mol. The molecule has 0 heterocycles. The molecule has 2 unspecified atom stereocenters. The topological polar surface area (TPSA) is 159 Å². The Kier molecular flexibility index (Phi) is 7.50. The predicted octanol–water partition coefficient (Wildman–Crippen LogP) is 2.19. The summed E-state index contributed by atoms with van der Waals surface area (Å²) >= 11 is 0. The van der Waals surface area contributed by atoms with Crippen LogP contribution in [0.5, 0.6) is 5.75 Å². The van der Waals surface area contributed by atoms with Crippen molar-refractivity contribution in [3.8, 4) is 5.75 Å². The number of esters is 2. The Balaban J connectivity index is 2.47. The van der Waals surface area contributed by atoms with Crippen LogP contribution in [0.1, 0.15) is 75.1 Å². The zero-order valence-corrected chi connectivity index (χ0v) is 19.9. The Bertz CT molecular complexity index is 1010. The number of hydrogen-bond acceptors (Lipinski definition) is 9. The number of ether oxygens (including phenoxy) is 2. The fourth-order valence-corrected chi connectivity index (χ4v) is 3.35. The van der Waals surface area contributed by atoms with E-state index in [9.17, 15) is 24.3 Å². The molecular formula is C24H32N2O7. The number of carbonyl (C=O) groups is 4. The van der Waals surface area contributed by atoms with Gasteiger partial charge in [-0.1, -0.05) is 12.1 Å². The molecule has 0 saturated carbocycles. The van der Waals surface area contributed by atoms with Gasteiger partial charge < -0.3 is 26.0 Å². The van der Waals surface area contributed by atoms with E-state index in [1.165, 1.54) is 18.2 Å². The van der Waals surface area contributed by atoms with E-state index in [4.69, 9.17) is 20.9 Å². The number of fused-ring (bicyclic) bond motifs is 1. The summed E-state index contributed by atoms with van der Waals surface area (Å²) in [5, 5.41) is 10.2. The van der Waals surface area contributed by atoms with Gasteiger partial charge in [-0.3, -0.25) is 19.2 Å². The quantitative estimate of drug-likeness (QED) is 0.541. The molecule has 9 nitrogen and oxygen atoms in total. The van der Waals surface area contributed by atoms with Gasteiger partial charge in [0.15, 0.2) is 11.6 Å². The van der Waals surface area contributed by atoms with Crippen molar-refractivity contribution in [3.05, 3.63) is 40.5 Å². The Labute approximate surface area is 193 Å². The van der Waals surface area contributed by atoms with Crippen molar-refractivity contribution >= 4 is 23.5 Å². The molecule has 1 aliphatic carbocycles. The number of carbonyl (C=O) groups excluding carboxylic acids is 4. The lowest BCUT2D eigenvalue weighted by Gasteiger charge is -2.27. The molecule has 0 amide bonds. The Hall–Kier alpha value is -3.04. The first-order chi connectivity index (χ1) is 15.0. The SMILES string of the molecule is CC(C)(C)OC(=O)C(N)CC1=C(CC(N)C(=O)OC(C)(C)C)C(=O)c2c(O)cccc2C1=O. The molecule has 2 atom stereocenters. The minimum Gasteiger partial charge on any atom is -0.507 e. The molecule has 0 aliphatic heterocycles. The number of rotatable bonds is 6. The van der Waals surface area contributed by atoms with E-state index in [0.717, 1.165) is 0 Å². The van der Waals surface area contributed by atoms with Crippen LogP contribution in [-0.4, -0.2) is 51.9 Å². The van der Waals surface area contributed by atoms with Gasteiger partial charge in [-0.2, -0.15) is 0 Å². The minimum atomic E-state index is -1.25. The maximum atomic E-state index is 13.3. The van der Waals surface area contributed by atoms with Crippen LogP contribution in [-0.2, 0) is 19.1 Å². The van der Waals surface area contributed by atoms with Gasteiger partial charge in [-0.05, 0) is 47.6 Å².